The first-order valence-electron chi connectivity index (χ1n) is 17.9. The molecule has 0 heterocycles. The summed E-state index contributed by atoms with van der Waals surface area (Å²) in [6.45, 7) is 13.7. The van der Waals surface area contributed by atoms with Crippen molar-refractivity contribution in [2.45, 2.75) is 53.4 Å². The lowest BCUT2D eigenvalue weighted by Gasteiger charge is -2.31. The number of aryl methyl sites for hydroxylation is 2. The molecule has 8 rings (SSSR count). The van der Waals surface area contributed by atoms with Crippen LogP contribution in [0.25, 0.3) is 32.3 Å². The van der Waals surface area contributed by atoms with E-state index >= 15 is 0 Å². The Morgan fingerprint density at radius 1 is 0.360 bits per heavy atom. The predicted octanol–water partition coefficient (Wildman–Crippen LogP) is 14.4. The minimum absolute atomic E-state index is 0.344. The predicted molar refractivity (Wildman–Crippen MR) is 217 cm³/mol. The molecule has 0 saturated carbocycles. The maximum atomic E-state index is 2.50. The average Bonchev–Trinajstić information content (AvgIpc) is 3.12. The van der Waals surface area contributed by atoms with Gasteiger partial charge in [-0.2, -0.15) is 0 Å². The highest BCUT2D eigenvalue weighted by Crippen LogP contribution is 2.50. The molecule has 246 valence electrons. The lowest BCUT2D eigenvalue weighted by atomic mass is 9.83. The van der Waals surface area contributed by atoms with Gasteiger partial charge in [-0.1, -0.05) is 100 Å². The van der Waals surface area contributed by atoms with E-state index in [0.29, 0.717) is 11.8 Å². The van der Waals surface area contributed by atoms with Gasteiger partial charge in [0.25, 0.3) is 0 Å². The van der Waals surface area contributed by atoms with E-state index in [0.717, 1.165) is 22.7 Å². The Morgan fingerprint density at radius 2 is 0.740 bits per heavy atom. The van der Waals surface area contributed by atoms with Crippen LogP contribution >= 0.6 is 0 Å². The van der Waals surface area contributed by atoms with Gasteiger partial charge < -0.3 is 9.80 Å². The second kappa shape index (κ2) is 12.7. The van der Waals surface area contributed by atoms with Crippen molar-refractivity contribution in [3.05, 3.63) is 168 Å². The first kappa shape index (κ1) is 31.7. The smallest absolute Gasteiger partial charge is 0.0540 e. The van der Waals surface area contributed by atoms with Crippen LogP contribution in [0, 0.1) is 13.8 Å². The molecule has 0 aromatic heterocycles. The van der Waals surface area contributed by atoms with Crippen molar-refractivity contribution in [3.63, 3.8) is 0 Å². The van der Waals surface area contributed by atoms with Crippen molar-refractivity contribution < 1.29 is 0 Å². The minimum Gasteiger partial charge on any atom is -0.310 e. The van der Waals surface area contributed by atoms with E-state index in [1.165, 1.54) is 65.9 Å². The lowest BCUT2D eigenvalue weighted by molar-refractivity contribution is 0.876. The lowest BCUT2D eigenvalue weighted by Crippen LogP contribution is -2.12. The van der Waals surface area contributed by atoms with Crippen molar-refractivity contribution in [1.29, 1.82) is 0 Å². The molecule has 0 N–H and O–H groups in total. The molecule has 0 amide bonds. The third-order valence-corrected chi connectivity index (χ3v) is 10.2. The van der Waals surface area contributed by atoms with Gasteiger partial charge in [0, 0.05) is 33.5 Å². The fourth-order valence-electron chi connectivity index (χ4n) is 7.88. The largest absolute Gasteiger partial charge is 0.310 e. The molecule has 0 unspecified atom stereocenters. The normalized spacial score (nSPS) is 11.8. The van der Waals surface area contributed by atoms with Gasteiger partial charge in [-0.3, -0.25) is 0 Å². The van der Waals surface area contributed by atoms with Gasteiger partial charge in [0.2, 0.25) is 0 Å². The van der Waals surface area contributed by atoms with Crippen LogP contribution in [0.1, 0.15) is 61.8 Å². The van der Waals surface area contributed by atoms with Gasteiger partial charge in [-0.15, -0.1) is 0 Å². The van der Waals surface area contributed by atoms with Gasteiger partial charge in [0.05, 0.1) is 11.4 Å². The summed E-state index contributed by atoms with van der Waals surface area (Å²) < 4.78 is 0. The maximum absolute atomic E-state index is 2.50. The summed E-state index contributed by atoms with van der Waals surface area (Å²) in [6.07, 6.45) is 0. The number of benzene rings is 8. The summed E-state index contributed by atoms with van der Waals surface area (Å²) in [6, 6.07) is 53.9. The SMILES string of the molecule is Cc1cccc(N(c2ccccc2)c2ccc3c(C(C)C)cc4c(N(c5ccccc5)c5cccc(C)c5)ccc5c(C(C)C)cc2c3c54)c1. The van der Waals surface area contributed by atoms with Crippen LogP contribution in [-0.4, -0.2) is 0 Å². The van der Waals surface area contributed by atoms with E-state index < -0.39 is 0 Å². The topological polar surface area (TPSA) is 6.48 Å². The van der Waals surface area contributed by atoms with E-state index in [1.807, 2.05) is 0 Å². The Labute approximate surface area is 296 Å². The Kier molecular flexibility index (Phi) is 8.04. The molecule has 0 fully saturated rings. The van der Waals surface area contributed by atoms with E-state index in [1.54, 1.807) is 0 Å². The molecule has 8 aromatic rings. The van der Waals surface area contributed by atoms with Crippen molar-refractivity contribution in [3.8, 4) is 0 Å². The highest BCUT2D eigenvalue weighted by atomic mass is 15.1. The quantitative estimate of drug-likeness (QED) is 0.151. The van der Waals surface area contributed by atoms with Crippen LogP contribution in [0.15, 0.2) is 146 Å². The standard InChI is InChI=1S/C48H44N2/c1-31(2)41-29-43-45(49(35-17-9-7-10-18-35)37-21-13-15-33(5)27-37)26-24-40-42(32(3)4)30-44-46(25-23-39(41)47(44)48(40)43)50(36-19-11-8-12-20-36)38-22-14-16-34(6)28-38/h7-32H,1-6H3. The molecule has 0 bridgehead atoms. The zero-order valence-electron chi connectivity index (χ0n) is 29.9. The molecule has 8 aromatic carbocycles. The second-order valence-corrected chi connectivity index (χ2v) is 14.4. The highest BCUT2D eigenvalue weighted by molar-refractivity contribution is 6.29. The molecule has 0 saturated heterocycles. The summed E-state index contributed by atoms with van der Waals surface area (Å²) in [5.41, 5.74) is 12.3. The Hall–Kier alpha value is -5.60. The Morgan fingerprint density at radius 3 is 1.10 bits per heavy atom. The van der Waals surface area contributed by atoms with Gasteiger partial charge in [-0.25, -0.2) is 0 Å². The van der Waals surface area contributed by atoms with Gasteiger partial charge in [-0.05, 0) is 142 Å². The molecular weight excluding hydrogens is 605 g/mol. The number of hydrogen-bond acceptors (Lipinski definition) is 2. The zero-order valence-corrected chi connectivity index (χ0v) is 29.9. The third-order valence-electron chi connectivity index (χ3n) is 10.2. The van der Waals surface area contributed by atoms with E-state index in [2.05, 4.69) is 197 Å². The summed E-state index contributed by atoms with van der Waals surface area (Å²) in [5, 5.41) is 7.93. The molecular formula is C48H44N2. The maximum Gasteiger partial charge on any atom is 0.0540 e. The molecule has 0 aliphatic carbocycles. The van der Waals surface area contributed by atoms with Crippen LogP contribution in [0.3, 0.4) is 0 Å². The van der Waals surface area contributed by atoms with Crippen LogP contribution in [-0.2, 0) is 0 Å². The fraction of sp³-hybridized carbons (Fsp3) is 0.167. The fourth-order valence-corrected chi connectivity index (χ4v) is 7.88. The summed E-state index contributed by atoms with van der Waals surface area (Å²) >= 11 is 0. The first-order valence-corrected chi connectivity index (χ1v) is 17.9. The van der Waals surface area contributed by atoms with Crippen molar-refractivity contribution in [1.82, 2.24) is 0 Å². The van der Waals surface area contributed by atoms with E-state index in [9.17, 15) is 0 Å². The summed E-state index contributed by atoms with van der Waals surface area (Å²) in [4.78, 5) is 4.89. The molecule has 0 aliphatic rings. The van der Waals surface area contributed by atoms with Crippen LogP contribution in [0.4, 0.5) is 34.1 Å². The minimum atomic E-state index is 0.344. The second-order valence-electron chi connectivity index (χ2n) is 14.4. The number of anilines is 6. The average molecular weight is 649 g/mol. The van der Waals surface area contributed by atoms with Crippen LogP contribution < -0.4 is 9.80 Å². The highest BCUT2D eigenvalue weighted by Gasteiger charge is 2.25. The van der Waals surface area contributed by atoms with Crippen molar-refractivity contribution in [2.75, 3.05) is 9.80 Å². The van der Waals surface area contributed by atoms with Gasteiger partial charge in [0.1, 0.15) is 0 Å². The Balaban J connectivity index is 1.53. The molecule has 0 radical (unpaired) electrons. The molecule has 2 nitrogen and oxygen atoms in total. The number of rotatable bonds is 8. The third kappa shape index (κ3) is 5.36. The number of nitrogens with zero attached hydrogens (tertiary/aromatic N) is 2. The van der Waals surface area contributed by atoms with Gasteiger partial charge >= 0.3 is 0 Å². The zero-order chi connectivity index (χ0) is 34.5. The molecule has 0 aliphatic heterocycles. The van der Waals surface area contributed by atoms with E-state index in [4.69, 9.17) is 0 Å². The molecule has 50 heavy (non-hydrogen) atoms. The monoisotopic (exact) mass is 648 g/mol. The van der Waals surface area contributed by atoms with Gasteiger partial charge in [0.15, 0.2) is 0 Å². The molecule has 0 spiro atoms. The summed E-state index contributed by atoms with van der Waals surface area (Å²) in [5.74, 6) is 0.687. The summed E-state index contributed by atoms with van der Waals surface area (Å²) in [7, 11) is 0. The van der Waals surface area contributed by atoms with Crippen LogP contribution in [0.5, 0.6) is 0 Å². The van der Waals surface area contributed by atoms with Crippen molar-refractivity contribution >= 4 is 66.4 Å². The van der Waals surface area contributed by atoms with Crippen LogP contribution in [0.2, 0.25) is 0 Å². The molecule has 0 atom stereocenters. The number of hydrogen-bond donors (Lipinski definition) is 0. The first-order chi connectivity index (χ1) is 24.3. The van der Waals surface area contributed by atoms with E-state index in [-0.39, 0.29) is 0 Å². The molecule has 2 heteroatoms. The Bertz CT molecular complexity index is 2280. The number of para-hydroxylation sites is 2. The van der Waals surface area contributed by atoms with Crippen molar-refractivity contribution in [2.24, 2.45) is 0 Å².